The number of hydrogen-bond acceptors (Lipinski definition) is 5. The van der Waals surface area contributed by atoms with E-state index < -0.39 is 23.4 Å². The summed E-state index contributed by atoms with van der Waals surface area (Å²) in [7, 11) is 0. The average Bonchev–Trinajstić information content (AvgIpc) is 3.38. The zero-order valence-corrected chi connectivity index (χ0v) is 17.1. The molecule has 0 spiro atoms. The van der Waals surface area contributed by atoms with Crippen molar-refractivity contribution in [2.24, 2.45) is 0 Å². The predicted molar refractivity (Wildman–Crippen MR) is 111 cm³/mol. The highest BCUT2D eigenvalue weighted by atomic mass is 35.5. The number of nitrogens with zero attached hydrogens (tertiary/aromatic N) is 2. The minimum absolute atomic E-state index is 0.00590. The molecule has 2 aromatic carbocycles. The molecule has 2 N–H and O–H groups in total. The third-order valence-electron chi connectivity index (χ3n) is 4.81. The average molecular weight is 443 g/mol. The van der Waals surface area contributed by atoms with Gasteiger partial charge in [0.25, 0.3) is 5.91 Å². The number of halogens is 2. The molecule has 9 heteroatoms. The molecule has 1 fully saturated rings. The summed E-state index contributed by atoms with van der Waals surface area (Å²) in [4.78, 5) is 29.9. The van der Waals surface area contributed by atoms with Crippen molar-refractivity contribution in [2.75, 3.05) is 0 Å². The number of nitriles is 1. The van der Waals surface area contributed by atoms with Crippen LogP contribution < -0.4 is 10.6 Å². The lowest BCUT2D eigenvalue weighted by Gasteiger charge is -2.19. The van der Waals surface area contributed by atoms with E-state index in [0.717, 1.165) is 0 Å². The molecule has 30 heavy (non-hydrogen) atoms. The summed E-state index contributed by atoms with van der Waals surface area (Å²) < 4.78 is 5.69. The first-order valence-electron chi connectivity index (χ1n) is 9.22. The molecule has 4 rings (SSSR count). The summed E-state index contributed by atoms with van der Waals surface area (Å²) in [6.45, 7) is 0. The molecule has 2 amide bonds. The second-order valence-electron chi connectivity index (χ2n) is 7.14. The second-order valence-corrected chi connectivity index (χ2v) is 8.02. The first-order valence-corrected chi connectivity index (χ1v) is 9.98. The Morgan fingerprint density at radius 3 is 2.67 bits per heavy atom. The third kappa shape index (κ3) is 4.40. The fraction of sp³-hybridized carbons (Fsp3) is 0.238. The smallest absolute Gasteiger partial charge is 0.251 e. The highest BCUT2D eigenvalue weighted by Crippen LogP contribution is 2.34. The molecule has 0 radical (unpaired) electrons. The lowest BCUT2D eigenvalue weighted by atomic mass is 10.1. The van der Waals surface area contributed by atoms with Gasteiger partial charge in [0.05, 0.1) is 12.5 Å². The molecule has 1 aromatic heterocycles. The molecule has 1 unspecified atom stereocenters. The fourth-order valence-corrected chi connectivity index (χ4v) is 3.36. The van der Waals surface area contributed by atoms with Crippen molar-refractivity contribution < 1.29 is 14.0 Å². The number of oxazole rings is 1. The van der Waals surface area contributed by atoms with Crippen LogP contribution >= 0.6 is 23.2 Å². The van der Waals surface area contributed by atoms with Crippen LogP contribution in [0.3, 0.4) is 0 Å². The maximum atomic E-state index is 12.9. The van der Waals surface area contributed by atoms with Crippen LogP contribution in [-0.4, -0.2) is 28.4 Å². The van der Waals surface area contributed by atoms with E-state index in [1.165, 1.54) is 6.07 Å². The summed E-state index contributed by atoms with van der Waals surface area (Å²) in [5.74, 6) is -0.691. The van der Waals surface area contributed by atoms with Crippen LogP contribution in [0.5, 0.6) is 0 Å². The van der Waals surface area contributed by atoms with Gasteiger partial charge in [0.15, 0.2) is 11.5 Å². The molecule has 3 aromatic rings. The number of carbonyl (C=O) groups is 2. The van der Waals surface area contributed by atoms with Crippen molar-refractivity contribution in [2.45, 2.75) is 30.8 Å². The normalized spacial score (nSPS) is 15.2. The van der Waals surface area contributed by atoms with Gasteiger partial charge in [-0.05, 0) is 49.2 Å². The molecular weight excluding hydrogens is 427 g/mol. The monoisotopic (exact) mass is 442 g/mol. The lowest BCUT2D eigenvalue weighted by molar-refractivity contribution is -0.123. The third-order valence-corrected chi connectivity index (χ3v) is 5.28. The number of amides is 2. The number of nitrogens with one attached hydrogen (secondary N) is 2. The van der Waals surface area contributed by atoms with Crippen molar-refractivity contribution in [1.29, 1.82) is 5.26 Å². The van der Waals surface area contributed by atoms with E-state index in [1.807, 2.05) is 0 Å². The van der Waals surface area contributed by atoms with Crippen LogP contribution in [-0.2, 0) is 11.2 Å². The SMILES string of the molecule is N#CC1(NC(=O)C(Cc2nc3cc(Cl)ccc3o2)NC(=O)c2cccc(Cl)c2)CC1. The van der Waals surface area contributed by atoms with E-state index in [1.54, 1.807) is 36.4 Å². The van der Waals surface area contributed by atoms with Gasteiger partial charge < -0.3 is 15.1 Å². The van der Waals surface area contributed by atoms with Gasteiger partial charge in [-0.15, -0.1) is 0 Å². The van der Waals surface area contributed by atoms with Gasteiger partial charge in [-0.3, -0.25) is 9.59 Å². The Hall–Kier alpha value is -3.08. The first-order chi connectivity index (χ1) is 14.4. The minimum Gasteiger partial charge on any atom is -0.441 e. The Morgan fingerprint density at radius 2 is 1.97 bits per heavy atom. The van der Waals surface area contributed by atoms with Gasteiger partial charge in [-0.1, -0.05) is 29.3 Å². The van der Waals surface area contributed by atoms with Gasteiger partial charge >= 0.3 is 0 Å². The molecule has 1 atom stereocenters. The van der Waals surface area contributed by atoms with Crippen molar-refractivity contribution in [3.63, 3.8) is 0 Å². The summed E-state index contributed by atoms with van der Waals surface area (Å²) in [6.07, 6.45) is 1.16. The molecule has 152 valence electrons. The molecule has 7 nitrogen and oxygen atoms in total. The van der Waals surface area contributed by atoms with E-state index >= 15 is 0 Å². The molecule has 1 aliphatic rings. The lowest BCUT2D eigenvalue weighted by Crippen LogP contribution is -2.51. The van der Waals surface area contributed by atoms with Crippen molar-refractivity contribution in [1.82, 2.24) is 15.6 Å². The summed E-state index contributed by atoms with van der Waals surface area (Å²) in [5.41, 5.74) is 0.510. The standard InChI is InChI=1S/C21H16Cl2N4O3/c22-13-3-1-2-12(8-13)19(28)26-16(20(29)27-21(11-24)6-7-21)10-18-25-15-9-14(23)4-5-17(15)30-18/h1-5,8-9,16H,6-7,10H2,(H,26,28)(H,27,29). The molecule has 0 bridgehead atoms. The van der Waals surface area contributed by atoms with E-state index in [-0.39, 0.29) is 12.3 Å². The number of fused-ring (bicyclic) bond motifs is 1. The van der Waals surface area contributed by atoms with Gasteiger partial charge in [0.2, 0.25) is 5.91 Å². The Labute approximate surface area is 182 Å². The van der Waals surface area contributed by atoms with Gasteiger partial charge in [-0.2, -0.15) is 5.26 Å². The summed E-state index contributed by atoms with van der Waals surface area (Å²) in [5, 5.41) is 15.6. The molecule has 1 saturated carbocycles. The maximum Gasteiger partial charge on any atom is 0.251 e. The zero-order valence-electron chi connectivity index (χ0n) is 15.6. The fourth-order valence-electron chi connectivity index (χ4n) is 3.00. The van der Waals surface area contributed by atoms with Crippen LogP contribution in [0.1, 0.15) is 29.1 Å². The number of benzene rings is 2. The highest BCUT2D eigenvalue weighted by molar-refractivity contribution is 6.31. The van der Waals surface area contributed by atoms with Crippen molar-refractivity contribution >= 4 is 46.1 Å². The van der Waals surface area contributed by atoms with Crippen LogP contribution in [0.25, 0.3) is 11.1 Å². The number of hydrogen-bond donors (Lipinski definition) is 2. The van der Waals surface area contributed by atoms with E-state index in [0.29, 0.717) is 39.6 Å². The molecule has 0 aliphatic heterocycles. The van der Waals surface area contributed by atoms with E-state index in [9.17, 15) is 14.9 Å². The molecule has 1 aliphatic carbocycles. The minimum atomic E-state index is -0.995. The highest BCUT2D eigenvalue weighted by Gasteiger charge is 2.45. The molecule has 1 heterocycles. The number of carbonyl (C=O) groups excluding carboxylic acids is 2. The Balaban J connectivity index is 1.58. The van der Waals surface area contributed by atoms with Crippen molar-refractivity contribution in [3.05, 3.63) is 64.0 Å². The van der Waals surface area contributed by atoms with Crippen LogP contribution in [0.4, 0.5) is 0 Å². The van der Waals surface area contributed by atoms with Gasteiger partial charge in [0, 0.05) is 15.6 Å². The summed E-state index contributed by atoms with van der Waals surface area (Å²) >= 11 is 11.9. The predicted octanol–water partition coefficient (Wildman–Crippen LogP) is 3.65. The van der Waals surface area contributed by atoms with Crippen LogP contribution in [0.2, 0.25) is 10.0 Å². The number of rotatable bonds is 6. The second kappa shape index (κ2) is 7.98. The molecular formula is C21H16Cl2N4O3. The van der Waals surface area contributed by atoms with Gasteiger partial charge in [0.1, 0.15) is 17.1 Å². The van der Waals surface area contributed by atoms with Gasteiger partial charge in [-0.25, -0.2) is 4.98 Å². The van der Waals surface area contributed by atoms with Crippen LogP contribution in [0.15, 0.2) is 46.9 Å². The Morgan fingerprint density at radius 1 is 1.20 bits per heavy atom. The van der Waals surface area contributed by atoms with E-state index in [2.05, 4.69) is 21.7 Å². The first kappa shape index (κ1) is 20.2. The largest absolute Gasteiger partial charge is 0.441 e. The maximum absolute atomic E-state index is 12.9. The van der Waals surface area contributed by atoms with Crippen molar-refractivity contribution in [3.8, 4) is 6.07 Å². The van der Waals surface area contributed by atoms with E-state index in [4.69, 9.17) is 27.6 Å². The number of aromatic nitrogens is 1. The quantitative estimate of drug-likeness (QED) is 0.605. The van der Waals surface area contributed by atoms with Crippen LogP contribution in [0, 0.1) is 11.3 Å². The zero-order chi connectivity index (χ0) is 21.3. The Kier molecular flexibility index (Phi) is 5.37. The topological polar surface area (TPSA) is 108 Å². The molecule has 0 saturated heterocycles. The Bertz CT molecular complexity index is 1180. The summed E-state index contributed by atoms with van der Waals surface area (Å²) in [6, 6.07) is 12.5.